The van der Waals surface area contributed by atoms with Gasteiger partial charge in [-0.25, -0.2) is 4.98 Å². The lowest BCUT2D eigenvalue weighted by molar-refractivity contribution is 0.396. The number of rotatable bonds is 1. The van der Waals surface area contributed by atoms with Crippen molar-refractivity contribution in [3.8, 4) is 11.5 Å². The maximum Gasteiger partial charge on any atom is 0.227 e. The van der Waals surface area contributed by atoms with Crippen LogP contribution in [0.5, 0.6) is 0 Å². The average molecular weight is 402 g/mol. The van der Waals surface area contributed by atoms with Crippen LogP contribution in [0.1, 0.15) is 30.9 Å². The molecule has 2 aliphatic carbocycles. The smallest absolute Gasteiger partial charge is 0.227 e. The van der Waals surface area contributed by atoms with Gasteiger partial charge in [-0.3, -0.25) is 0 Å². The molecule has 150 valence electrons. The summed E-state index contributed by atoms with van der Waals surface area (Å²) < 4.78 is 6.12. The van der Waals surface area contributed by atoms with E-state index in [1.807, 2.05) is 30.3 Å². The number of benzene rings is 3. The fourth-order valence-electron chi connectivity index (χ4n) is 5.90. The van der Waals surface area contributed by atoms with Crippen molar-refractivity contribution in [1.29, 1.82) is 0 Å². The molecule has 3 aromatic carbocycles. The molecule has 0 radical (unpaired) electrons. The number of aromatic nitrogens is 2. The van der Waals surface area contributed by atoms with Crippen molar-refractivity contribution in [2.75, 3.05) is 0 Å². The van der Waals surface area contributed by atoms with Gasteiger partial charge in [0.15, 0.2) is 5.58 Å². The van der Waals surface area contributed by atoms with Crippen molar-refractivity contribution in [1.82, 2.24) is 9.97 Å². The Labute approximate surface area is 180 Å². The van der Waals surface area contributed by atoms with Crippen LogP contribution in [0.15, 0.2) is 83.3 Å². The molecule has 3 nitrogen and oxygen atoms in total. The van der Waals surface area contributed by atoms with Crippen molar-refractivity contribution in [2.45, 2.75) is 25.2 Å². The molecule has 0 saturated carbocycles. The summed E-state index contributed by atoms with van der Waals surface area (Å²) >= 11 is 0. The van der Waals surface area contributed by atoms with E-state index >= 15 is 0 Å². The monoisotopic (exact) mass is 402 g/mol. The lowest BCUT2D eigenvalue weighted by Crippen LogP contribution is -2.24. The van der Waals surface area contributed by atoms with Crippen LogP contribution in [0.25, 0.3) is 44.4 Å². The highest BCUT2D eigenvalue weighted by atomic mass is 16.3. The molecule has 31 heavy (non-hydrogen) atoms. The number of fused-ring (bicyclic) bond motifs is 9. The van der Waals surface area contributed by atoms with Crippen molar-refractivity contribution in [2.24, 2.45) is 5.92 Å². The molecule has 0 aliphatic heterocycles. The van der Waals surface area contributed by atoms with Crippen molar-refractivity contribution in [3.63, 3.8) is 0 Å². The summed E-state index contributed by atoms with van der Waals surface area (Å²) in [5.41, 5.74) is 7.91. The Balaban J connectivity index is 1.54. The van der Waals surface area contributed by atoms with E-state index in [1.54, 1.807) is 0 Å². The highest BCUT2D eigenvalue weighted by molar-refractivity contribution is 6.17. The molecule has 1 N–H and O–H groups in total. The number of nitrogens with one attached hydrogen (secondary N) is 1. The van der Waals surface area contributed by atoms with Gasteiger partial charge in [-0.2, -0.15) is 0 Å². The Morgan fingerprint density at radius 1 is 0.935 bits per heavy atom. The van der Waals surface area contributed by atoms with Crippen LogP contribution in [-0.4, -0.2) is 9.97 Å². The predicted molar refractivity (Wildman–Crippen MR) is 126 cm³/mol. The minimum absolute atomic E-state index is 0.0594. The van der Waals surface area contributed by atoms with Crippen molar-refractivity contribution in [3.05, 3.63) is 90.0 Å². The second kappa shape index (κ2) is 5.76. The molecule has 2 aliphatic rings. The number of hydrogen-bond acceptors (Lipinski definition) is 2. The van der Waals surface area contributed by atoms with Crippen molar-refractivity contribution >= 4 is 32.9 Å². The van der Waals surface area contributed by atoms with Gasteiger partial charge in [0.2, 0.25) is 5.89 Å². The fraction of sp³-hybridized carbons (Fsp3) is 0.179. The Hall–Kier alpha value is -3.59. The Bertz CT molecular complexity index is 1560. The van der Waals surface area contributed by atoms with Gasteiger partial charge in [0.05, 0.1) is 5.52 Å². The molecule has 0 spiro atoms. The summed E-state index contributed by atoms with van der Waals surface area (Å²) in [5, 5.41) is 2.56. The lowest BCUT2D eigenvalue weighted by atomic mass is 9.74. The van der Waals surface area contributed by atoms with Crippen LogP contribution in [0, 0.1) is 5.92 Å². The number of oxazole rings is 1. The zero-order valence-electron chi connectivity index (χ0n) is 17.5. The summed E-state index contributed by atoms with van der Waals surface area (Å²) in [4.78, 5) is 8.56. The molecule has 2 aromatic heterocycles. The molecular formula is C28H22N2O. The molecular weight excluding hydrogens is 380 g/mol. The van der Waals surface area contributed by atoms with Gasteiger partial charge < -0.3 is 9.40 Å². The Morgan fingerprint density at radius 3 is 2.65 bits per heavy atom. The van der Waals surface area contributed by atoms with Gasteiger partial charge in [0, 0.05) is 27.8 Å². The number of aromatic amines is 1. The van der Waals surface area contributed by atoms with Crippen molar-refractivity contribution < 1.29 is 4.42 Å². The predicted octanol–water partition coefficient (Wildman–Crippen LogP) is 7.25. The number of hydrogen-bond donors (Lipinski definition) is 1. The summed E-state index contributed by atoms with van der Waals surface area (Å²) in [5.74, 6) is 1.60. The SMILES string of the molecule is CC1(C)c2c(ccc3[nH]c4c(ccc5oc(-c6ccccc6)nc54)c23)C2C=CC=CC21. The third-order valence-corrected chi connectivity index (χ3v) is 7.32. The van der Waals surface area contributed by atoms with E-state index < -0.39 is 0 Å². The minimum atomic E-state index is 0.0594. The fourth-order valence-corrected chi connectivity index (χ4v) is 5.90. The molecule has 3 heteroatoms. The third-order valence-electron chi connectivity index (χ3n) is 7.32. The highest BCUT2D eigenvalue weighted by Crippen LogP contribution is 2.55. The third kappa shape index (κ3) is 2.16. The standard InChI is InChI=1S/C28H22N2O/c1-28(2)20-11-7-6-10-17(20)18-12-14-21-23(24(18)28)19-13-15-22-26(25(19)29-21)30-27(31-22)16-8-4-3-5-9-16/h3-15,17,20,29H,1-2H3. The first-order valence-corrected chi connectivity index (χ1v) is 10.9. The Kier molecular flexibility index (Phi) is 3.18. The number of H-pyrrole nitrogens is 1. The summed E-state index contributed by atoms with van der Waals surface area (Å²) in [7, 11) is 0. The van der Waals surface area contributed by atoms with Gasteiger partial charge in [0.1, 0.15) is 5.52 Å². The van der Waals surface area contributed by atoms with Gasteiger partial charge in [-0.1, -0.05) is 62.4 Å². The molecule has 2 heterocycles. The molecule has 0 bridgehead atoms. The molecule has 2 unspecified atom stereocenters. The zero-order chi connectivity index (χ0) is 20.7. The first-order chi connectivity index (χ1) is 15.1. The number of nitrogens with zero attached hydrogens (tertiary/aromatic N) is 1. The summed E-state index contributed by atoms with van der Waals surface area (Å²) in [6, 6.07) is 18.9. The van der Waals surface area contributed by atoms with Crippen LogP contribution >= 0.6 is 0 Å². The Morgan fingerprint density at radius 2 is 1.77 bits per heavy atom. The first-order valence-electron chi connectivity index (χ1n) is 10.9. The van der Waals surface area contributed by atoms with E-state index in [0.29, 0.717) is 17.7 Å². The van der Waals surface area contributed by atoms with E-state index in [0.717, 1.165) is 22.2 Å². The first kappa shape index (κ1) is 17.1. The average Bonchev–Trinajstić information content (AvgIpc) is 3.45. The van der Waals surface area contributed by atoms with E-state index in [2.05, 4.69) is 67.4 Å². The van der Waals surface area contributed by atoms with E-state index in [1.165, 1.54) is 27.4 Å². The van der Waals surface area contributed by atoms with Gasteiger partial charge in [0.25, 0.3) is 0 Å². The van der Waals surface area contributed by atoms with E-state index in [-0.39, 0.29) is 5.41 Å². The molecule has 0 saturated heterocycles. The van der Waals surface area contributed by atoms with Crippen LogP contribution in [-0.2, 0) is 5.41 Å². The largest absolute Gasteiger partial charge is 0.436 e. The lowest BCUT2D eigenvalue weighted by Gasteiger charge is -2.29. The summed E-state index contributed by atoms with van der Waals surface area (Å²) in [6.07, 6.45) is 9.13. The highest BCUT2D eigenvalue weighted by Gasteiger charge is 2.45. The molecule has 0 fully saturated rings. The van der Waals surface area contributed by atoms with E-state index in [9.17, 15) is 0 Å². The second-order valence-corrected chi connectivity index (χ2v) is 9.34. The van der Waals surface area contributed by atoms with Gasteiger partial charge >= 0.3 is 0 Å². The van der Waals surface area contributed by atoms with Crippen LogP contribution in [0.2, 0.25) is 0 Å². The maximum absolute atomic E-state index is 6.12. The van der Waals surface area contributed by atoms with Gasteiger partial charge in [-0.05, 0) is 52.8 Å². The minimum Gasteiger partial charge on any atom is -0.436 e. The van der Waals surface area contributed by atoms with Gasteiger partial charge in [-0.15, -0.1) is 0 Å². The van der Waals surface area contributed by atoms with Crippen LogP contribution in [0.3, 0.4) is 0 Å². The zero-order valence-corrected chi connectivity index (χ0v) is 17.5. The normalized spacial score (nSPS) is 21.2. The number of allylic oxidation sites excluding steroid dienone is 4. The van der Waals surface area contributed by atoms with E-state index in [4.69, 9.17) is 9.40 Å². The van der Waals surface area contributed by atoms with Crippen LogP contribution in [0.4, 0.5) is 0 Å². The molecule has 7 rings (SSSR count). The topological polar surface area (TPSA) is 41.8 Å². The molecule has 0 amide bonds. The molecule has 2 atom stereocenters. The summed E-state index contributed by atoms with van der Waals surface area (Å²) in [6.45, 7) is 4.78. The maximum atomic E-state index is 6.12. The second-order valence-electron chi connectivity index (χ2n) is 9.34. The molecule has 5 aromatic rings. The quantitative estimate of drug-likeness (QED) is 0.321. The van der Waals surface area contributed by atoms with Crippen LogP contribution < -0.4 is 0 Å².